The largest absolute Gasteiger partial charge is 0.507 e. The molecule has 1 unspecified atom stereocenters. The van der Waals surface area contributed by atoms with Crippen LogP contribution in [-0.2, 0) is 10.8 Å². The summed E-state index contributed by atoms with van der Waals surface area (Å²) in [7, 11) is 0. The lowest BCUT2D eigenvalue weighted by atomic mass is 9.73. The molecule has 0 aliphatic heterocycles. The van der Waals surface area contributed by atoms with Crippen LogP contribution in [0.15, 0.2) is 12.1 Å². The van der Waals surface area contributed by atoms with Crippen LogP contribution in [-0.4, -0.2) is 5.11 Å². The zero-order valence-corrected chi connectivity index (χ0v) is 16.1. The Morgan fingerprint density at radius 1 is 0.955 bits per heavy atom. The van der Waals surface area contributed by atoms with Gasteiger partial charge in [-0.15, -0.1) is 11.6 Å². The van der Waals surface area contributed by atoms with Gasteiger partial charge in [0.15, 0.2) is 0 Å². The quantitative estimate of drug-likeness (QED) is 0.544. The van der Waals surface area contributed by atoms with E-state index in [-0.39, 0.29) is 16.2 Å². The first-order valence-electron chi connectivity index (χ1n) is 8.58. The second kappa shape index (κ2) is 7.25. The van der Waals surface area contributed by atoms with Crippen molar-refractivity contribution in [2.45, 2.75) is 90.4 Å². The second-order valence-corrected chi connectivity index (χ2v) is 8.50. The second-order valence-electron chi connectivity index (χ2n) is 7.85. The maximum absolute atomic E-state index is 11.0. The Labute approximate surface area is 142 Å². The highest BCUT2D eigenvalue weighted by molar-refractivity contribution is 6.20. The van der Waals surface area contributed by atoms with Crippen molar-refractivity contribution in [3.63, 3.8) is 0 Å². The minimum Gasteiger partial charge on any atom is -0.507 e. The number of hydrogen-bond donors (Lipinski definition) is 1. The smallest absolute Gasteiger partial charge is 0.123 e. The van der Waals surface area contributed by atoms with Gasteiger partial charge < -0.3 is 5.11 Å². The Balaban J connectivity index is 3.55. The van der Waals surface area contributed by atoms with Crippen LogP contribution >= 0.6 is 11.6 Å². The molecule has 0 aliphatic carbocycles. The summed E-state index contributed by atoms with van der Waals surface area (Å²) in [5.74, 6) is 0.470. The Morgan fingerprint density at radius 2 is 1.32 bits per heavy atom. The first kappa shape index (κ1) is 19.4. The van der Waals surface area contributed by atoms with Gasteiger partial charge in [0.1, 0.15) is 5.75 Å². The number of alkyl halides is 1. The predicted octanol–water partition coefficient (Wildman–Crippen LogP) is 6.85. The van der Waals surface area contributed by atoms with Crippen molar-refractivity contribution >= 4 is 11.6 Å². The highest BCUT2D eigenvalue weighted by atomic mass is 35.5. The third kappa shape index (κ3) is 4.19. The summed E-state index contributed by atoms with van der Waals surface area (Å²) >= 11 is 6.37. The SMILES string of the molecule is CCCC(C)(C)c1cc(C(C)Cl)cc(C(C)(C)CCC)c1O. The van der Waals surface area contributed by atoms with Gasteiger partial charge >= 0.3 is 0 Å². The fourth-order valence-corrected chi connectivity index (χ4v) is 3.56. The molecule has 1 atom stereocenters. The van der Waals surface area contributed by atoms with Crippen LogP contribution in [0.5, 0.6) is 5.75 Å². The first-order chi connectivity index (χ1) is 10.1. The molecule has 0 aromatic heterocycles. The lowest BCUT2D eigenvalue weighted by Gasteiger charge is -2.32. The van der Waals surface area contributed by atoms with Gasteiger partial charge in [-0.3, -0.25) is 0 Å². The van der Waals surface area contributed by atoms with E-state index in [2.05, 4.69) is 53.7 Å². The van der Waals surface area contributed by atoms with Crippen molar-refractivity contribution in [2.75, 3.05) is 0 Å². The Bertz CT molecular complexity index is 461. The fourth-order valence-electron chi connectivity index (χ4n) is 3.44. The third-order valence-electron chi connectivity index (χ3n) is 4.80. The van der Waals surface area contributed by atoms with Crippen molar-refractivity contribution in [2.24, 2.45) is 0 Å². The van der Waals surface area contributed by atoms with Crippen LogP contribution in [0.1, 0.15) is 96.2 Å². The van der Waals surface area contributed by atoms with Crippen molar-refractivity contribution < 1.29 is 5.11 Å². The van der Waals surface area contributed by atoms with E-state index in [4.69, 9.17) is 11.6 Å². The topological polar surface area (TPSA) is 20.2 Å². The van der Waals surface area contributed by atoms with Gasteiger partial charge in [0, 0.05) is 11.1 Å². The van der Waals surface area contributed by atoms with Gasteiger partial charge in [-0.2, -0.15) is 0 Å². The van der Waals surface area contributed by atoms with Gasteiger partial charge in [-0.25, -0.2) is 0 Å². The third-order valence-corrected chi connectivity index (χ3v) is 5.05. The molecule has 0 aliphatic rings. The molecule has 0 amide bonds. The van der Waals surface area contributed by atoms with Crippen LogP contribution in [0.25, 0.3) is 0 Å². The van der Waals surface area contributed by atoms with Crippen LogP contribution in [0.4, 0.5) is 0 Å². The molecule has 1 rings (SSSR count). The minimum absolute atomic E-state index is 0.0440. The van der Waals surface area contributed by atoms with E-state index in [1.54, 1.807) is 0 Å². The Kier molecular flexibility index (Phi) is 6.38. The molecule has 0 bridgehead atoms. The minimum atomic E-state index is -0.0482. The molecule has 1 aromatic carbocycles. The molecular weight excluding hydrogens is 292 g/mol. The molecule has 126 valence electrons. The molecule has 0 spiro atoms. The lowest BCUT2D eigenvalue weighted by molar-refractivity contribution is 0.388. The van der Waals surface area contributed by atoms with Gasteiger partial charge in [-0.1, -0.05) is 66.5 Å². The molecule has 0 saturated heterocycles. The zero-order valence-electron chi connectivity index (χ0n) is 15.4. The average molecular weight is 325 g/mol. The van der Waals surface area contributed by atoms with Crippen LogP contribution in [0.2, 0.25) is 0 Å². The van der Waals surface area contributed by atoms with Crippen molar-refractivity contribution in [1.29, 1.82) is 0 Å². The normalized spacial score (nSPS) is 14.2. The van der Waals surface area contributed by atoms with Crippen molar-refractivity contribution in [3.05, 3.63) is 28.8 Å². The number of rotatable bonds is 7. The van der Waals surface area contributed by atoms with Gasteiger partial charge in [0.2, 0.25) is 0 Å². The molecule has 0 fully saturated rings. The summed E-state index contributed by atoms with van der Waals surface area (Å²) in [5.41, 5.74) is 3.10. The van der Waals surface area contributed by atoms with E-state index >= 15 is 0 Å². The number of halogens is 1. The molecule has 1 N–H and O–H groups in total. The Morgan fingerprint density at radius 3 is 1.59 bits per heavy atom. The number of hydrogen-bond acceptors (Lipinski definition) is 1. The van der Waals surface area contributed by atoms with Gasteiger partial charge in [0.25, 0.3) is 0 Å². The number of benzene rings is 1. The van der Waals surface area contributed by atoms with E-state index in [1.165, 1.54) is 0 Å². The van der Waals surface area contributed by atoms with Gasteiger partial charge in [0.05, 0.1) is 5.38 Å². The predicted molar refractivity (Wildman–Crippen MR) is 98.2 cm³/mol. The van der Waals surface area contributed by atoms with Crippen molar-refractivity contribution in [1.82, 2.24) is 0 Å². The molecule has 1 aromatic rings. The maximum atomic E-state index is 11.0. The molecule has 22 heavy (non-hydrogen) atoms. The summed E-state index contributed by atoms with van der Waals surface area (Å²) < 4.78 is 0. The zero-order chi connectivity index (χ0) is 17.1. The summed E-state index contributed by atoms with van der Waals surface area (Å²) in [6, 6.07) is 4.21. The molecule has 1 nitrogen and oxygen atoms in total. The standard InChI is InChI=1S/C20H33ClO/c1-8-10-19(4,5)16-12-15(14(3)21)13-17(18(16)22)20(6,7)11-9-2/h12-14,22H,8-11H2,1-7H3. The Hall–Kier alpha value is -0.690. The van der Waals surface area contributed by atoms with Crippen LogP contribution < -0.4 is 0 Å². The summed E-state index contributed by atoms with van der Waals surface area (Å²) in [6.45, 7) is 15.2. The molecular formula is C20H33ClO. The monoisotopic (exact) mass is 324 g/mol. The average Bonchev–Trinajstić information content (AvgIpc) is 2.37. The van der Waals surface area contributed by atoms with Crippen molar-refractivity contribution in [3.8, 4) is 5.75 Å². The number of phenolic OH excluding ortho intramolecular Hbond substituents is 1. The van der Waals surface area contributed by atoms with E-state index < -0.39 is 0 Å². The molecule has 2 heteroatoms. The maximum Gasteiger partial charge on any atom is 0.123 e. The van der Waals surface area contributed by atoms with Crippen LogP contribution in [0.3, 0.4) is 0 Å². The summed E-state index contributed by atoms with van der Waals surface area (Å²) in [5, 5.41) is 10.9. The number of phenols is 1. The molecule has 0 saturated carbocycles. The van der Waals surface area contributed by atoms with E-state index in [0.717, 1.165) is 42.4 Å². The highest BCUT2D eigenvalue weighted by Crippen LogP contribution is 2.44. The summed E-state index contributed by atoms with van der Waals surface area (Å²) in [4.78, 5) is 0. The first-order valence-corrected chi connectivity index (χ1v) is 9.02. The summed E-state index contributed by atoms with van der Waals surface area (Å²) in [6.07, 6.45) is 4.30. The highest BCUT2D eigenvalue weighted by Gasteiger charge is 2.31. The van der Waals surface area contributed by atoms with E-state index in [9.17, 15) is 5.11 Å². The molecule has 0 radical (unpaired) electrons. The van der Waals surface area contributed by atoms with E-state index in [1.807, 2.05) is 6.92 Å². The lowest BCUT2D eigenvalue weighted by Crippen LogP contribution is -2.22. The van der Waals surface area contributed by atoms with Crippen LogP contribution in [0, 0.1) is 0 Å². The number of aromatic hydroxyl groups is 1. The van der Waals surface area contributed by atoms with Gasteiger partial charge in [-0.05, 0) is 36.2 Å². The fraction of sp³-hybridized carbons (Fsp3) is 0.700. The molecule has 0 heterocycles. The van der Waals surface area contributed by atoms with E-state index in [0.29, 0.717) is 5.75 Å².